The van der Waals surface area contributed by atoms with Gasteiger partial charge in [0.2, 0.25) is 0 Å². The summed E-state index contributed by atoms with van der Waals surface area (Å²) < 4.78 is 0. The van der Waals surface area contributed by atoms with Crippen molar-refractivity contribution in [2.24, 2.45) is 0 Å². The summed E-state index contributed by atoms with van der Waals surface area (Å²) in [4.78, 5) is 22.1. The molecule has 0 saturated carbocycles. The molecule has 0 unspecified atom stereocenters. The van der Waals surface area contributed by atoms with E-state index in [0.29, 0.717) is 23.6 Å². The summed E-state index contributed by atoms with van der Waals surface area (Å²) in [6, 6.07) is 7.25. The molecular weight excluding hydrogens is 268 g/mol. The van der Waals surface area contributed by atoms with Crippen LogP contribution in [-0.2, 0) is 0 Å². The molecule has 0 atom stereocenters. The molecule has 0 aliphatic rings. The summed E-state index contributed by atoms with van der Waals surface area (Å²) in [5.41, 5.74) is 2.05. The Bertz CT molecular complexity index is 629. The Morgan fingerprint density at radius 2 is 2.05 bits per heavy atom. The zero-order valence-corrected chi connectivity index (χ0v) is 12.1. The van der Waals surface area contributed by atoms with Crippen molar-refractivity contribution in [3.8, 4) is 11.3 Å². The van der Waals surface area contributed by atoms with Crippen LogP contribution in [0.3, 0.4) is 0 Å². The van der Waals surface area contributed by atoms with E-state index in [1.807, 2.05) is 12.1 Å². The third-order valence-electron chi connectivity index (χ3n) is 2.89. The maximum atomic E-state index is 12.0. The maximum absolute atomic E-state index is 12.0. The first-order chi connectivity index (χ1) is 10.1. The lowest BCUT2D eigenvalue weighted by molar-refractivity contribution is 0.0827. The number of aliphatic hydroxyl groups is 1. The summed E-state index contributed by atoms with van der Waals surface area (Å²) in [7, 11) is 3.43. The van der Waals surface area contributed by atoms with Gasteiger partial charge in [-0.25, -0.2) is 4.98 Å². The van der Waals surface area contributed by atoms with Gasteiger partial charge in [0, 0.05) is 44.2 Å². The van der Waals surface area contributed by atoms with Gasteiger partial charge < -0.3 is 15.3 Å². The largest absolute Gasteiger partial charge is 0.395 e. The van der Waals surface area contributed by atoms with Crippen LogP contribution in [0.15, 0.2) is 36.7 Å². The van der Waals surface area contributed by atoms with Crippen LogP contribution in [0.2, 0.25) is 0 Å². The molecule has 0 radical (unpaired) electrons. The molecule has 1 aromatic heterocycles. The van der Waals surface area contributed by atoms with E-state index in [0.717, 1.165) is 5.56 Å². The van der Waals surface area contributed by atoms with Gasteiger partial charge in [-0.05, 0) is 12.1 Å². The Morgan fingerprint density at radius 1 is 1.29 bits per heavy atom. The van der Waals surface area contributed by atoms with Gasteiger partial charge in [0.05, 0.1) is 6.61 Å². The van der Waals surface area contributed by atoms with E-state index in [-0.39, 0.29) is 12.5 Å². The average molecular weight is 286 g/mol. The van der Waals surface area contributed by atoms with Crippen molar-refractivity contribution in [1.29, 1.82) is 0 Å². The number of anilines is 1. The van der Waals surface area contributed by atoms with E-state index >= 15 is 0 Å². The molecule has 2 rings (SSSR count). The lowest BCUT2D eigenvalue weighted by Gasteiger charge is -2.12. The van der Waals surface area contributed by atoms with E-state index < -0.39 is 0 Å². The third kappa shape index (κ3) is 3.55. The van der Waals surface area contributed by atoms with Gasteiger partial charge in [-0.3, -0.25) is 9.78 Å². The predicted octanol–water partition coefficient (Wildman–Crippen LogP) is 1.25. The standard InChI is InChI=1S/C15H18N4O2/c1-19(2)15(21)12-5-3-4-11(10-12)13-14(18-8-9-20)17-7-6-16-13/h3-7,10,20H,8-9H2,1-2H3,(H,17,18). The first kappa shape index (κ1) is 14.9. The van der Waals surface area contributed by atoms with Gasteiger partial charge in [-0.15, -0.1) is 0 Å². The topological polar surface area (TPSA) is 78.4 Å². The number of carbonyl (C=O) groups excluding carboxylic acids is 1. The molecule has 0 aliphatic carbocycles. The summed E-state index contributed by atoms with van der Waals surface area (Å²) >= 11 is 0. The zero-order valence-electron chi connectivity index (χ0n) is 12.1. The maximum Gasteiger partial charge on any atom is 0.253 e. The molecule has 1 heterocycles. The SMILES string of the molecule is CN(C)C(=O)c1cccc(-c2nccnc2NCCO)c1. The van der Waals surface area contributed by atoms with Gasteiger partial charge in [0.1, 0.15) is 5.69 Å². The van der Waals surface area contributed by atoms with Gasteiger partial charge in [-0.2, -0.15) is 0 Å². The highest BCUT2D eigenvalue weighted by molar-refractivity contribution is 5.95. The van der Waals surface area contributed by atoms with Crippen molar-refractivity contribution in [3.63, 3.8) is 0 Å². The summed E-state index contributed by atoms with van der Waals surface area (Å²) in [6.07, 6.45) is 3.18. The number of hydrogen-bond acceptors (Lipinski definition) is 5. The molecule has 1 aromatic carbocycles. The van der Waals surface area contributed by atoms with E-state index in [1.54, 1.807) is 38.6 Å². The van der Waals surface area contributed by atoms with E-state index in [9.17, 15) is 4.79 Å². The van der Waals surface area contributed by atoms with Crippen LogP contribution in [0.5, 0.6) is 0 Å². The highest BCUT2D eigenvalue weighted by Gasteiger charge is 2.12. The molecule has 0 fully saturated rings. The second kappa shape index (κ2) is 6.81. The minimum Gasteiger partial charge on any atom is -0.395 e. The molecule has 21 heavy (non-hydrogen) atoms. The number of rotatable bonds is 5. The summed E-state index contributed by atoms with van der Waals surface area (Å²) in [5, 5.41) is 11.9. The molecule has 0 bridgehead atoms. The number of benzene rings is 1. The van der Waals surface area contributed by atoms with Crippen LogP contribution in [-0.4, -0.2) is 53.1 Å². The fraction of sp³-hybridized carbons (Fsp3) is 0.267. The van der Waals surface area contributed by atoms with Crippen LogP contribution in [0.4, 0.5) is 5.82 Å². The Balaban J connectivity index is 2.38. The Morgan fingerprint density at radius 3 is 2.76 bits per heavy atom. The van der Waals surface area contributed by atoms with Gasteiger partial charge in [0.25, 0.3) is 5.91 Å². The molecule has 2 aromatic rings. The number of hydrogen-bond donors (Lipinski definition) is 2. The fourth-order valence-corrected chi connectivity index (χ4v) is 1.91. The zero-order chi connectivity index (χ0) is 15.2. The lowest BCUT2D eigenvalue weighted by atomic mass is 10.1. The van der Waals surface area contributed by atoms with Crippen molar-refractivity contribution in [1.82, 2.24) is 14.9 Å². The number of aliphatic hydroxyl groups excluding tert-OH is 1. The lowest BCUT2D eigenvalue weighted by Crippen LogP contribution is -2.21. The molecular formula is C15H18N4O2. The summed E-state index contributed by atoms with van der Waals surface area (Å²) in [6.45, 7) is 0.400. The second-order valence-corrected chi connectivity index (χ2v) is 4.68. The van der Waals surface area contributed by atoms with Crippen LogP contribution in [0.25, 0.3) is 11.3 Å². The third-order valence-corrected chi connectivity index (χ3v) is 2.89. The first-order valence-electron chi connectivity index (χ1n) is 6.61. The van der Waals surface area contributed by atoms with Crippen LogP contribution in [0.1, 0.15) is 10.4 Å². The number of carbonyl (C=O) groups is 1. The molecule has 2 N–H and O–H groups in total. The number of amides is 1. The van der Waals surface area contributed by atoms with E-state index in [4.69, 9.17) is 5.11 Å². The Hall–Kier alpha value is -2.47. The molecule has 6 heteroatoms. The van der Waals surface area contributed by atoms with Crippen molar-refractivity contribution < 1.29 is 9.90 Å². The second-order valence-electron chi connectivity index (χ2n) is 4.68. The van der Waals surface area contributed by atoms with Crippen molar-refractivity contribution in [3.05, 3.63) is 42.2 Å². The van der Waals surface area contributed by atoms with Crippen LogP contribution in [0, 0.1) is 0 Å². The van der Waals surface area contributed by atoms with Gasteiger partial charge >= 0.3 is 0 Å². The Labute approximate surface area is 123 Å². The number of nitrogens with zero attached hydrogens (tertiary/aromatic N) is 3. The summed E-state index contributed by atoms with van der Waals surface area (Å²) in [5.74, 6) is 0.520. The van der Waals surface area contributed by atoms with Crippen molar-refractivity contribution in [2.45, 2.75) is 0 Å². The average Bonchev–Trinajstić information content (AvgIpc) is 2.52. The molecule has 0 saturated heterocycles. The minimum atomic E-state index is -0.0643. The fourth-order valence-electron chi connectivity index (χ4n) is 1.91. The van der Waals surface area contributed by atoms with Gasteiger partial charge in [0.15, 0.2) is 5.82 Å². The highest BCUT2D eigenvalue weighted by atomic mass is 16.3. The molecule has 0 aliphatic heterocycles. The number of aromatic nitrogens is 2. The monoisotopic (exact) mass is 286 g/mol. The molecule has 6 nitrogen and oxygen atoms in total. The number of nitrogens with one attached hydrogen (secondary N) is 1. The molecule has 1 amide bonds. The van der Waals surface area contributed by atoms with Crippen molar-refractivity contribution >= 4 is 11.7 Å². The minimum absolute atomic E-state index is 0.00910. The van der Waals surface area contributed by atoms with Crippen LogP contribution < -0.4 is 5.32 Å². The van der Waals surface area contributed by atoms with E-state index in [1.165, 1.54) is 4.90 Å². The van der Waals surface area contributed by atoms with Gasteiger partial charge in [-0.1, -0.05) is 12.1 Å². The molecule has 110 valence electrons. The highest BCUT2D eigenvalue weighted by Crippen LogP contribution is 2.24. The smallest absolute Gasteiger partial charge is 0.253 e. The van der Waals surface area contributed by atoms with Crippen LogP contribution >= 0.6 is 0 Å². The normalized spacial score (nSPS) is 10.2. The molecule has 0 spiro atoms. The predicted molar refractivity (Wildman–Crippen MR) is 81.1 cm³/mol. The Kier molecular flexibility index (Phi) is 4.84. The quantitative estimate of drug-likeness (QED) is 0.865. The van der Waals surface area contributed by atoms with Crippen molar-refractivity contribution in [2.75, 3.05) is 32.6 Å². The van der Waals surface area contributed by atoms with E-state index in [2.05, 4.69) is 15.3 Å². The first-order valence-corrected chi connectivity index (χ1v) is 6.61.